The topological polar surface area (TPSA) is 90.4 Å². The molecule has 120 valence electrons. The highest BCUT2D eigenvalue weighted by atomic mass is 32.2. The summed E-state index contributed by atoms with van der Waals surface area (Å²) in [6.07, 6.45) is 0.650. The summed E-state index contributed by atoms with van der Waals surface area (Å²) in [5.41, 5.74) is 7.76. The molecule has 0 saturated carbocycles. The number of nitrogens with two attached hydrogens (primary N) is 1. The first-order valence-corrected chi connectivity index (χ1v) is 8.82. The molecule has 2 N–H and O–H groups in total. The Bertz CT molecular complexity index is 611. The number of methoxy groups -OCH3 is 1. The van der Waals surface area contributed by atoms with Crippen LogP contribution in [0.15, 0.2) is 0 Å². The molecule has 1 aromatic rings. The van der Waals surface area contributed by atoms with Crippen LogP contribution < -0.4 is 10.5 Å². The molecule has 21 heavy (non-hydrogen) atoms. The van der Waals surface area contributed by atoms with E-state index >= 15 is 0 Å². The first-order chi connectivity index (χ1) is 9.80. The van der Waals surface area contributed by atoms with E-state index in [2.05, 4.69) is 10.00 Å². The van der Waals surface area contributed by atoms with Gasteiger partial charge in [-0.2, -0.15) is 5.10 Å². The predicted octanol–water partition coefficient (Wildman–Crippen LogP) is -0.144. The highest BCUT2D eigenvalue weighted by Crippen LogP contribution is 2.33. The number of likely N-dealkylation sites (N-methyl/N-ethyl adjacent to an activating group) is 1. The predicted molar refractivity (Wildman–Crippen MR) is 81.1 cm³/mol. The zero-order valence-electron chi connectivity index (χ0n) is 13.0. The molecule has 0 spiro atoms. The Hall–Kier alpha value is -1.12. The molecular formula is C13H24N4O3S. The van der Waals surface area contributed by atoms with Crippen molar-refractivity contribution in [3.63, 3.8) is 0 Å². The van der Waals surface area contributed by atoms with Gasteiger partial charge in [-0.3, -0.25) is 4.90 Å². The van der Waals surface area contributed by atoms with Crippen molar-refractivity contribution in [2.45, 2.75) is 25.4 Å². The van der Waals surface area contributed by atoms with E-state index in [1.165, 1.54) is 0 Å². The molecule has 0 aliphatic carbocycles. The normalized spacial score (nSPS) is 22.7. The maximum absolute atomic E-state index is 11.7. The number of aryl methyl sites for hydroxylation is 2. The van der Waals surface area contributed by atoms with Gasteiger partial charge in [-0.05, 0) is 20.4 Å². The fraction of sp³-hybridized carbons (Fsp3) is 0.769. The van der Waals surface area contributed by atoms with Gasteiger partial charge in [0.2, 0.25) is 5.88 Å². The molecule has 0 radical (unpaired) electrons. The second-order valence-electron chi connectivity index (χ2n) is 5.61. The third kappa shape index (κ3) is 3.07. The zero-order valence-corrected chi connectivity index (χ0v) is 13.9. The van der Waals surface area contributed by atoms with Crippen LogP contribution in [0.2, 0.25) is 0 Å². The van der Waals surface area contributed by atoms with Crippen molar-refractivity contribution in [3.8, 4) is 5.88 Å². The highest BCUT2D eigenvalue weighted by Gasteiger charge is 2.35. The van der Waals surface area contributed by atoms with E-state index in [4.69, 9.17) is 10.5 Å². The van der Waals surface area contributed by atoms with E-state index in [0.717, 1.165) is 11.3 Å². The summed E-state index contributed by atoms with van der Waals surface area (Å²) in [6, 6.07) is -0.111. The number of hydrogen-bond acceptors (Lipinski definition) is 6. The van der Waals surface area contributed by atoms with E-state index in [9.17, 15) is 8.42 Å². The largest absolute Gasteiger partial charge is 0.481 e. The van der Waals surface area contributed by atoms with Crippen molar-refractivity contribution in [2.24, 2.45) is 12.8 Å². The Labute approximate surface area is 126 Å². The number of aromatic nitrogens is 2. The summed E-state index contributed by atoms with van der Waals surface area (Å²) < 4.78 is 30.5. The second-order valence-corrected chi connectivity index (χ2v) is 7.83. The van der Waals surface area contributed by atoms with Crippen LogP contribution in [-0.4, -0.2) is 61.3 Å². The van der Waals surface area contributed by atoms with Crippen LogP contribution in [0.1, 0.15) is 23.7 Å². The molecule has 1 aliphatic rings. The van der Waals surface area contributed by atoms with Gasteiger partial charge in [0.05, 0.1) is 35.9 Å². The summed E-state index contributed by atoms with van der Waals surface area (Å²) in [6.45, 7) is 2.30. The Balaban J connectivity index is 2.32. The quantitative estimate of drug-likeness (QED) is 0.813. The summed E-state index contributed by atoms with van der Waals surface area (Å²) >= 11 is 0. The molecule has 1 saturated heterocycles. The molecule has 8 heteroatoms. The molecule has 0 bridgehead atoms. The fourth-order valence-electron chi connectivity index (χ4n) is 3.12. The number of hydrogen-bond donors (Lipinski definition) is 1. The van der Waals surface area contributed by atoms with E-state index in [-0.39, 0.29) is 23.6 Å². The lowest BCUT2D eigenvalue weighted by Gasteiger charge is -2.32. The van der Waals surface area contributed by atoms with E-state index < -0.39 is 9.84 Å². The van der Waals surface area contributed by atoms with Gasteiger partial charge >= 0.3 is 0 Å². The van der Waals surface area contributed by atoms with Crippen LogP contribution in [0.4, 0.5) is 0 Å². The summed E-state index contributed by atoms with van der Waals surface area (Å²) in [7, 11) is 2.43. The number of nitrogens with zero attached hydrogens (tertiary/aromatic N) is 3. The Morgan fingerprint density at radius 2 is 2.24 bits per heavy atom. The van der Waals surface area contributed by atoms with Crippen LogP contribution >= 0.6 is 0 Å². The van der Waals surface area contributed by atoms with E-state index in [1.807, 2.05) is 21.0 Å². The summed E-state index contributed by atoms with van der Waals surface area (Å²) in [5.74, 6) is 1.13. The monoisotopic (exact) mass is 316 g/mol. The molecule has 7 nitrogen and oxygen atoms in total. The van der Waals surface area contributed by atoms with Gasteiger partial charge < -0.3 is 10.5 Å². The van der Waals surface area contributed by atoms with Crippen LogP contribution in [0.5, 0.6) is 5.88 Å². The van der Waals surface area contributed by atoms with Crippen molar-refractivity contribution in [1.29, 1.82) is 0 Å². The van der Waals surface area contributed by atoms with Gasteiger partial charge in [0, 0.05) is 19.6 Å². The smallest absolute Gasteiger partial charge is 0.216 e. The Morgan fingerprint density at radius 3 is 2.71 bits per heavy atom. The lowest BCUT2D eigenvalue weighted by atomic mass is 10.0. The molecule has 2 rings (SSSR count). The van der Waals surface area contributed by atoms with Gasteiger partial charge in [0.1, 0.15) is 0 Å². The lowest BCUT2D eigenvalue weighted by molar-refractivity contribution is 0.188. The maximum Gasteiger partial charge on any atom is 0.216 e. The van der Waals surface area contributed by atoms with Gasteiger partial charge in [0.25, 0.3) is 0 Å². The molecule has 1 fully saturated rings. The minimum Gasteiger partial charge on any atom is -0.481 e. The van der Waals surface area contributed by atoms with Crippen molar-refractivity contribution in [2.75, 3.05) is 32.2 Å². The van der Waals surface area contributed by atoms with Crippen LogP contribution in [0.3, 0.4) is 0 Å². The van der Waals surface area contributed by atoms with Gasteiger partial charge in [-0.15, -0.1) is 0 Å². The minimum absolute atomic E-state index is 0.00661. The SMILES string of the molecule is COc1c(C(CN)N(C)C2CCS(=O)(=O)C2)c(C)nn1C. The standard InChI is InChI=1S/C13H24N4O3S/c1-9-12(13(20-4)17(3)15-9)11(7-14)16(2)10-5-6-21(18,19)8-10/h10-11H,5-8,14H2,1-4H3. The third-order valence-corrected chi connectivity index (χ3v) is 5.99. The number of ether oxygens (including phenoxy) is 1. The van der Waals surface area contributed by atoms with Crippen molar-refractivity contribution in [1.82, 2.24) is 14.7 Å². The highest BCUT2D eigenvalue weighted by molar-refractivity contribution is 7.91. The molecule has 0 amide bonds. The lowest BCUT2D eigenvalue weighted by Crippen LogP contribution is -2.39. The average molecular weight is 316 g/mol. The second kappa shape index (κ2) is 5.94. The van der Waals surface area contributed by atoms with Crippen molar-refractivity contribution >= 4 is 9.84 Å². The summed E-state index contributed by atoms with van der Waals surface area (Å²) in [5, 5.41) is 4.38. The number of rotatable bonds is 5. The summed E-state index contributed by atoms with van der Waals surface area (Å²) in [4.78, 5) is 2.05. The van der Waals surface area contributed by atoms with Crippen molar-refractivity contribution in [3.05, 3.63) is 11.3 Å². The number of sulfone groups is 1. The Morgan fingerprint density at radius 1 is 1.57 bits per heavy atom. The first-order valence-electron chi connectivity index (χ1n) is 7.00. The van der Waals surface area contributed by atoms with E-state index in [1.54, 1.807) is 11.8 Å². The molecular weight excluding hydrogens is 292 g/mol. The molecule has 2 unspecified atom stereocenters. The molecule has 0 aromatic carbocycles. The van der Waals surface area contributed by atoms with Gasteiger partial charge in [0.15, 0.2) is 9.84 Å². The molecule has 2 heterocycles. The fourth-order valence-corrected chi connectivity index (χ4v) is 4.90. The van der Waals surface area contributed by atoms with Crippen LogP contribution in [-0.2, 0) is 16.9 Å². The minimum atomic E-state index is -2.92. The molecule has 1 aliphatic heterocycles. The van der Waals surface area contributed by atoms with Crippen molar-refractivity contribution < 1.29 is 13.2 Å². The zero-order chi connectivity index (χ0) is 15.8. The van der Waals surface area contributed by atoms with Crippen LogP contribution in [0.25, 0.3) is 0 Å². The van der Waals surface area contributed by atoms with E-state index in [0.29, 0.717) is 18.8 Å². The average Bonchev–Trinajstić information content (AvgIpc) is 2.90. The maximum atomic E-state index is 11.7. The third-order valence-electron chi connectivity index (χ3n) is 4.24. The van der Waals surface area contributed by atoms with Crippen LogP contribution in [0, 0.1) is 6.92 Å². The van der Waals surface area contributed by atoms with Gasteiger partial charge in [-0.1, -0.05) is 0 Å². The molecule has 2 atom stereocenters. The first kappa shape index (κ1) is 16.3. The van der Waals surface area contributed by atoms with Gasteiger partial charge in [-0.25, -0.2) is 13.1 Å². The Kier molecular flexibility index (Phi) is 4.60. The molecule has 1 aromatic heterocycles.